The highest BCUT2D eigenvalue weighted by Crippen LogP contribution is 2.30. The van der Waals surface area contributed by atoms with E-state index in [9.17, 15) is 19.2 Å². The third kappa shape index (κ3) is 8.29. The Kier molecular flexibility index (Phi) is 10.7. The van der Waals surface area contributed by atoms with Gasteiger partial charge in [-0.3, -0.25) is 14.4 Å². The van der Waals surface area contributed by atoms with Crippen molar-refractivity contribution in [3.8, 4) is 0 Å². The molecule has 0 fully saturated rings. The average Bonchev–Trinajstić information content (AvgIpc) is 2.82. The van der Waals surface area contributed by atoms with E-state index in [2.05, 4.69) is 10.0 Å². The Hall–Kier alpha value is -4.09. The van der Waals surface area contributed by atoms with E-state index in [-0.39, 0.29) is 19.0 Å². The van der Waals surface area contributed by atoms with Crippen molar-refractivity contribution in [1.29, 1.82) is 0 Å². The van der Waals surface area contributed by atoms with E-state index in [1.54, 1.807) is 0 Å². The fourth-order valence-electron chi connectivity index (χ4n) is 3.48. The van der Waals surface area contributed by atoms with Crippen LogP contribution < -0.4 is 0 Å². The van der Waals surface area contributed by atoms with Crippen molar-refractivity contribution in [1.82, 2.24) is 0 Å². The summed E-state index contributed by atoms with van der Waals surface area (Å²) in [6.07, 6.45) is -4.30. The van der Waals surface area contributed by atoms with E-state index < -0.39 is 54.3 Å². The number of esters is 4. The predicted octanol–water partition coefficient (Wildman–Crippen LogP) is 2.13. The number of rotatable bonds is 11. The lowest BCUT2D eigenvalue weighted by Crippen LogP contribution is -2.55. The van der Waals surface area contributed by atoms with E-state index in [1.165, 1.54) is 0 Å². The van der Waals surface area contributed by atoms with Crippen molar-refractivity contribution in [2.75, 3.05) is 13.7 Å². The lowest BCUT2D eigenvalue weighted by molar-refractivity contribution is -0.189. The Morgan fingerprint density at radius 2 is 1.72 bits per heavy atom. The summed E-state index contributed by atoms with van der Waals surface area (Å²) in [6.45, 7) is 3.24. The fraction of sp³-hybridized carbons (Fsp3) is 0.478. The van der Waals surface area contributed by atoms with Crippen LogP contribution in [0.2, 0.25) is 0 Å². The summed E-state index contributed by atoms with van der Waals surface area (Å²) in [5.74, 6) is -3.57. The second kappa shape index (κ2) is 13.7. The second-order valence-corrected chi connectivity index (χ2v) is 7.60. The van der Waals surface area contributed by atoms with Gasteiger partial charge in [-0.05, 0) is 11.1 Å². The molecule has 1 heterocycles. The standard InChI is InChI=1S/C23H27N3O10/c1-13(27)33-17-10-18(23(30)31-4)36-22(20(17)25-26-24)21(35-15(3)29)19(34-14(2)28)12-32-11-16-8-6-5-7-9-16/h5-10,17,19-22H,11-12H2,1-4H3/t17-,19+,20+,21+,22+/m0/s1. The summed E-state index contributed by atoms with van der Waals surface area (Å²) in [5.41, 5.74) is 9.99. The highest BCUT2D eigenvalue weighted by Gasteiger charge is 2.48. The van der Waals surface area contributed by atoms with Gasteiger partial charge in [0.25, 0.3) is 0 Å². The van der Waals surface area contributed by atoms with Gasteiger partial charge in [0.15, 0.2) is 18.3 Å². The maximum Gasteiger partial charge on any atom is 0.373 e. The molecule has 0 radical (unpaired) electrons. The summed E-state index contributed by atoms with van der Waals surface area (Å²) in [4.78, 5) is 50.6. The molecule has 0 aliphatic carbocycles. The maximum absolute atomic E-state index is 12.3. The van der Waals surface area contributed by atoms with Crippen LogP contribution >= 0.6 is 0 Å². The molecule has 0 N–H and O–H groups in total. The van der Waals surface area contributed by atoms with Crippen molar-refractivity contribution in [2.24, 2.45) is 5.11 Å². The number of hydrogen-bond donors (Lipinski definition) is 0. The molecule has 2 rings (SSSR count). The van der Waals surface area contributed by atoms with Crippen LogP contribution in [0, 0.1) is 0 Å². The van der Waals surface area contributed by atoms with E-state index in [0.717, 1.165) is 39.5 Å². The Morgan fingerprint density at radius 3 is 2.28 bits per heavy atom. The summed E-state index contributed by atoms with van der Waals surface area (Å²) in [7, 11) is 1.10. The van der Waals surface area contributed by atoms with Gasteiger partial charge in [0.1, 0.15) is 12.1 Å². The maximum atomic E-state index is 12.3. The van der Waals surface area contributed by atoms with E-state index >= 15 is 0 Å². The molecule has 1 aliphatic rings. The molecular weight excluding hydrogens is 478 g/mol. The highest BCUT2D eigenvalue weighted by molar-refractivity contribution is 5.86. The first-order valence-corrected chi connectivity index (χ1v) is 10.8. The molecule has 0 spiro atoms. The first-order valence-electron chi connectivity index (χ1n) is 10.8. The van der Waals surface area contributed by atoms with Crippen molar-refractivity contribution < 1.29 is 47.6 Å². The number of azide groups is 1. The minimum Gasteiger partial charge on any atom is -0.479 e. The van der Waals surface area contributed by atoms with E-state index in [1.807, 2.05) is 30.3 Å². The Labute approximate surface area is 206 Å². The predicted molar refractivity (Wildman–Crippen MR) is 121 cm³/mol. The molecule has 0 saturated carbocycles. The largest absolute Gasteiger partial charge is 0.479 e. The lowest BCUT2D eigenvalue weighted by Gasteiger charge is -2.39. The first kappa shape index (κ1) is 28.1. The van der Waals surface area contributed by atoms with Gasteiger partial charge in [-0.25, -0.2) is 4.79 Å². The highest BCUT2D eigenvalue weighted by atomic mass is 16.6. The van der Waals surface area contributed by atoms with E-state index in [0.29, 0.717) is 0 Å². The summed E-state index contributed by atoms with van der Waals surface area (Å²) >= 11 is 0. The van der Waals surface area contributed by atoms with Crippen LogP contribution in [0.25, 0.3) is 10.4 Å². The number of hydrogen-bond acceptors (Lipinski definition) is 11. The monoisotopic (exact) mass is 505 g/mol. The third-order valence-electron chi connectivity index (χ3n) is 4.83. The van der Waals surface area contributed by atoms with Gasteiger partial charge in [-0.2, -0.15) is 0 Å². The van der Waals surface area contributed by atoms with Crippen LogP contribution in [0.1, 0.15) is 26.3 Å². The van der Waals surface area contributed by atoms with Crippen molar-refractivity contribution in [2.45, 2.75) is 57.8 Å². The van der Waals surface area contributed by atoms with Crippen LogP contribution in [0.3, 0.4) is 0 Å². The van der Waals surface area contributed by atoms with Gasteiger partial charge >= 0.3 is 23.9 Å². The molecule has 0 bridgehead atoms. The van der Waals surface area contributed by atoms with Crippen LogP contribution in [0.4, 0.5) is 0 Å². The molecular formula is C23H27N3O10. The van der Waals surface area contributed by atoms with Gasteiger partial charge in [-0.1, -0.05) is 35.4 Å². The first-order chi connectivity index (χ1) is 17.2. The second-order valence-electron chi connectivity index (χ2n) is 7.60. The van der Waals surface area contributed by atoms with Crippen LogP contribution in [0.15, 0.2) is 47.3 Å². The zero-order chi connectivity index (χ0) is 26.7. The Balaban J connectivity index is 2.46. The molecule has 13 heteroatoms. The van der Waals surface area contributed by atoms with Crippen LogP contribution in [-0.2, 0) is 54.2 Å². The normalized spacial score (nSPS) is 20.3. The van der Waals surface area contributed by atoms with Crippen LogP contribution in [-0.4, -0.2) is 68.1 Å². The van der Waals surface area contributed by atoms with Gasteiger partial charge in [0, 0.05) is 31.8 Å². The quantitative estimate of drug-likeness (QED) is 0.142. The van der Waals surface area contributed by atoms with Gasteiger partial charge in [-0.15, -0.1) is 0 Å². The van der Waals surface area contributed by atoms with Gasteiger partial charge in [0.05, 0.1) is 20.3 Å². The number of ether oxygens (including phenoxy) is 6. The topological polar surface area (TPSA) is 172 Å². The molecule has 194 valence electrons. The Bertz CT molecular complexity index is 1020. The summed E-state index contributed by atoms with van der Waals surface area (Å²) in [5, 5.41) is 3.65. The number of carbonyl (C=O) groups excluding carboxylic acids is 4. The smallest absolute Gasteiger partial charge is 0.373 e. The Morgan fingerprint density at radius 1 is 1.06 bits per heavy atom. The van der Waals surface area contributed by atoms with Crippen molar-refractivity contribution in [3.05, 3.63) is 58.2 Å². The lowest BCUT2D eigenvalue weighted by atomic mass is 9.94. The van der Waals surface area contributed by atoms with Crippen molar-refractivity contribution in [3.63, 3.8) is 0 Å². The zero-order valence-electron chi connectivity index (χ0n) is 20.2. The average molecular weight is 505 g/mol. The molecule has 5 atom stereocenters. The van der Waals surface area contributed by atoms with E-state index in [4.69, 9.17) is 34.0 Å². The molecule has 0 amide bonds. The number of carbonyl (C=O) groups is 4. The minimum atomic E-state index is -1.44. The molecule has 0 unspecified atom stereocenters. The molecule has 0 aromatic heterocycles. The molecule has 0 saturated heterocycles. The molecule has 1 aliphatic heterocycles. The van der Waals surface area contributed by atoms with Crippen molar-refractivity contribution >= 4 is 23.9 Å². The molecule has 13 nitrogen and oxygen atoms in total. The molecule has 1 aromatic rings. The van der Waals surface area contributed by atoms with Gasteiger partial charge in [0.2, 0.25) is 5.76 Å². The molecule has 36 heavy (non-hydrogen) atoms. The fourth-order valence-corrected chi connectivity index (χ4v) is 3.48. The zero-order valence-corrected chi connectivity index (χ0v) is 20.2. The third-order valence-corrected chi connectivity index (χ3v) is 4.83. The minimum absolute atomic E-state index is 0.139. The number of methoxy groups -OCH3 is 1. The van der Waals surface area contributed by atoms with Gasteiger partial charge < -0.3 is 28.4 Å². The molecule has 1 aromatic carbocycles. The SMILES string of the molecule is COC(=O)C1=C[C@H](OC(C)=O)[C@@H](N=[N+]=[N-])[C@H]([C@H](OC(C)=O)[C@@H](COCc2ccccc2)OC(C)=O)O1. The summed E-state index contributed by atoms with van der Waals surface area (Å²) < 4.78 is 32.1. The number of nitrogens with zero attached hydrogens (tertiary/aromatic N) is 3. The van der Waals surface area contributed by atoms with Crippen LogP contribution in [0.5, 0.6) is 0 Å². The number of benzene rings is 1. The summed E-state index contributed by atoms with van der Waals surface area (Å²) in [6, 6.07) is 7.81.